The van der Waals surface area contributed by atoms with Crippen LogP contribution in [-0.2, 0) is 11.2 Å². The lowest BCUT2D eigenvalue weighted by Gasteiger charge is -2.13. The number of hydrogen-bond acceptors (Lipinski definition) is 3. The summed E-state index contributed by atoms with van der Waals surface area (Å²) in [5, 5.41) is 8.71. The number of ether oxygens (including phenoxy) is 2. The van der Waals surface area contributed by atoms with E-state index in [-0.39, 0.29) is 6.42 Å². The SMILES string of the molecule is COc1cccc(OC)c1-c1ccc(CCC(=O)O)cc1. The molecular formula is C17H18O4. The van der Waals surface area contributed by atoms with Gasteiger partial charge in [0, 0.05) is 6.42 Å². The van der Waals surface area contributed by atoms with Crippen LogP contribution in [0.1, 0.15) is 12.0 Å². The number of carboxylic acid groups (broad SMARTS) is 1. The minimum atomic E-state index is -0.787. The third-order valence-electron chi connectivity index (χ3n) is 3.30. The lowest BCUT2D eigenvalue weighted by atomic mass is 10.0. The maximum Gasteiger partial charge on any atom is 0.303 e. The first-order valence-corrected chi connectivity index (χ1v) is 6.67. The van der Waals surface area contributed by atoms with Gasteiger partial charge in [-0.2, -0.15) is 0 Å². The standard InChI is InChI=1S/C17H18O4/c1-20-14-4-3-5-15(21-2)17(14)13-9-6-12(7-10-13)8-11-16(18)19/h3-7,9-10H,8,11H2,1-2H3,(H,18,19). The van der Waals surface area contributed by atoms with Gasteiger partial charge in [0.2, 0.25) is 0 Å². The normalized spacial score (nSPS) is 10.2. The third kappa shape index (κ3) is 3.54. The van der Waals surface area contributed by atoms with Crippen molar-refractivity contribution in [3.8, 4) is 22.6 Å². The summed E-state index contributed by atoms with van der Waals surface area (Å²) >= 11 is 0. The van der Waals surface area contributed by atoms with Crippen molar-refractivity contribution >= 4 is 5.97 Å². The fourth-order valence-corrected chi connectivity index (χ4v) is 2.23. The minimum absolute atomic E-state index is 0.136. The largest absolute Gasteiger partial charge is 0.496 e. The zero-order valence-corrected chi connectivity index (χ0v) is 12.1. The van der Waals surface area contributed by atoms with Crippen molar-refractivity contribution in [1.82, 2.24) is 0 Å². The van der Waals surface area contributed by atoms with Gasteiger partial charge in [0.25, 0.3) is 0 Å². The van der Waals surface area contributed by atoms with E-state index in [1.165, 1.54) is 0 Å². The number of carboxylic acids is 1. The number of hydrogen-bond donors (Lipinski definition) is 1. The Hall–Kier alpha value is -2.49. The number of methoxy groups -OCH3 is 2. The van der Waals surface area contributed by atoms with Crippen LogP contribution in [0, 0.1) is 0 Å². The molecule has 0 saturated heterocycles. The first-order valence-electron chi connectivity index (χ1n) is 6.67. The Bertz CT molecular complexity index is 595. The second-order valence-corrected chi connectivity index (χ2v) is 4.63. The van der Waals surface area contributed by atoms with E-state index in [0.717, 1.165) is 28.2 Å². The Kier molecular flexibility index (Phi) is 4.82. The zero-order chi connectivity index (χ0) is 15.2. The molecule has 1 N–H and O–H groups in total. The van der Waals surface area contributed by atoms with Crippen molar-refractivity contribution in [2.45, 2.75) is 12.8 Å². The summed E-state index contributed by atoms with van der Waals surface area (Å²) in [5.41, 5.74) is 2.87. The van der Waals surface area contributed by atoms with Crippen molar-refractivity contribution < 1.29 is 19.4 Å². The number of benzene rings is 2. The molecule has 0 aromatic heterocycles. The van der Waals surface area contributed by atoms with E-state index in [1.54, 1.807) is 14.2 Å². The molecule has 110 valence electrons. The zero-order valence-electron chi connectivity index (χ0n) is 12.1. The van der Waals surface area contributed by atoms with Crippen molar-refractivity contribution in [2.24, 2.45) is 0 Å². The van der Waals surface area contributed by atoms with Gasteiger partial charge in [-0.15, -0.1) is 0 Å². The van der Waals surface area contributed by atoms with Crippen LogP contribution in [0.4, 0.5) is 0 Å². The third-order valence-corrected chi connectivity index (χ3v) is 3.30. The van der Waals surface area contributed by atoms with Crippen LogP contribution < -0.4 is 9.47 Å². The second-order valence-electron chi connectivity index (χ2n) is 4.63. The van der Waals surface area contributed by atoms with Gasteiger partial charge in [0.1, 0.15) is 11.5 Å². The van der Waals surface area contributed by atoms with E-state index in [9.17, 15) is 4.79 Å². The Morgan fingerprint density at radius 2 is 1.57 bits per heavy atom. The van der Waals surface area contributed by atoms with Gasteiger partial charge >= 0.3 is 5.97 Å². The molecule has 0 aliphatic carbocycles. The molecule has 2 aromatic rings. The molecule has 0 saturated carbocycles. The summed E-state index contributed by atoms with van der Waals surface area (Å²) in [5.74, 6) is 0.700. The Morgan fingerprint density at radius 3 is 2.05 bits per heavy atom. The molecule has 0 spiro atoms. The lowest BCUT2D eigenvalue weighted by molar-refractivity contribution is -0.136. The van der Waals surface area contributed by atoms with Gasteiger partial charge in [0.15, 0.2) is 0 Å². The Morgan fingerprint density at radius 1 is 1.00 bits per heavy atom. The van der Waals surface area contributed by atoms with Crippen LogP contribution in [0.25, 0.3) is 11.1 Å². The molecule has 4 nitrogen and oxygen atoms in total. The molecule has 0 fully saturated rings. The molecule has 0 radical (unpaired) electrons. The topological polar surface area (TPSA) is 55.8 Å². The van der Waals surface area contributed by atoms with E-state index in [2.05, 4.69) is 0 Å². The van der Waals surface area contributed by atoms with Crippen LogP contribution in [0.15, 0.2) is 42.5 Å². The lowest BCUT2D eigenvalue weighted by Crippen LogP contribution is -1.97. The first kappa shape index (κ1) is 14.9. The molecule has 0 aliphatic heterocycles. The molecule has 4 heteroatoms. The molecule has 0 unspecified atom stereocenters. The van der Waals surface area contributed by atoms with Crippen molar-refractivity contribution in [3.05, 3.63) is 48.0 Å². The molecule has 0 bridgehead atoms. The first-order chi connectivity index (χ1) is 10.2. The predicted molar refractivity (Wildman–Crippen MR) is 80.9 cm³/mol. The van der Waals surface area contributed by atoms with Gasteiger partial charge < -0.3 is 14.6 Å². The smallest absolute Gasteiger partial charge is 0.303 e. The molecule has 21 heavy (non-hydrogen) atoms. The number of carbonyl (C=O) groups is 1. The highest BCUT2D eigenvalue weighted by molar-refractivity contribution is 5.77. The fraction of sp³-hybridized carbons (Fsp3) is 0.235. The summed E-state index contributed by atoms with van der Waals surface area (Å²) in [6.45, 7) is 0. The van der Waals surface area contributed by atoms with E-state index in [0.29, 0.717) is 6.42 Å². The van der Waals surface area contributed by atoms with Crippen LogP contribution in [0.2, 0.25) is 0 Å². The van der Waals surface area contributed by atoms with E-state index in [4.69, 9.17) is 14.6 Å². The maximum absolute atomic E-state index is 10.6. The van der Waals surface area contributed by atoms with Gasteiger partial charge in [-0.3, -0.25) is 4.79 Å². The summed E-state index contributed by atoms with van der Waals surface area (Å²) < 4.78 is 10.8. The Labute approximate surface area is 123 Å². The van der Waals surface area contributed by atoms with Crippen molar-refractivity contribution in [3.63, 3.8) is 0 Å². The van der Waals surface area contributed by atoms with Crippen LogP contribution in [0.3, 0.4) is 0 Å². The monoisotopic (exact) mass is 286 g/mol. The minimum Gasteiger partial charge on any atom is -0.496 e. The molecular weight excluding hydrogens is 268 g/mol. The summed E-state index contributed by atoms with van der Waals surface area (Å²) in [7, 11) is 3.25. The molecule has 0 heterocycles. The van der Waals surface area contributed by atoms with Gasteiger partial charge in [-0.1, -0.05) is 30.3 Å². The Balaban J connectivity index is 2.32. The van der Waals surface area contributed by atoms with Gasteiger partial charge in [-0.25, -0.2) is 0 Å². The highest BCUT2D eigenvalue weighted by Crippen LogP contribution is 2.38. The molecule has 0 amide bonds. The van der Waals surface area contributed by atoms with Crippen LogP contribution >= 0.6 is 0 Å². The fourth-order valence-electron chi connectivity index (χ4n) is 2.23. The highest BCUT2D eigenvalue weighted by Gasteiger charge is 2.12. The van der Waals surface area contributed by atoms with Crippen molar-refractivity contribution in [2.75, 3.05) is 14.2 Å². The quantitative estimate of drug-likeness (QED) is 0.884. The van der Waals surface area contributed by atoms with E-state index in [1.807, 2.05) is 42.5 Å². The molecule has 0 aliphatic rings. The highest BCUT2D eigenvalue weighted by atomic mass is 16.5. The average Bonchev–Trinajstić information content (AvgIpc) is 2.52. The molecule has 0 atom stereocenters. The van der Waals surface area contributed by atoms with E-state index >= 15 is 0 Å². The average molecular weight is 286 g/mol. The number of rotatable bonds is 6. The molecule has 2 aromatic carbocycles. The summed E-state index contributed by atoms with van der Waals surface area (Å²) in [4.78, 5) is 10.6. The number of aryl methyl sites for hydroxylation is 1. The second kappa shape index (κ2) is 6.79. The predicted octanol–water partition coefficient (Wildman–Crippen LogP) is 3.39. The summed E-state index contributed by atoms with van der Waals surface area (Å²) in [6, 6.07) is 13.4. The number of aliphatic carboxylic acids is 1. The molecule has 2 rings (SSSR count). The maximum atomic E-state index is 10.6. The van der Waals surface area contributed by atoms with Crippen LogP contribution in [0.5, 0.6) is 11.5 Å². The van der Waals surface area contributed by atoms with Crippen molar-refractivity contribution in [1.29, 1.82) is 0 Å². The van der Waals surface area contributed by atoms with Gasteiger partial charge in [0.05, 0.1) is 19.8 Å². The van der Waals surface area contributed by atoms with E-state index < -0.39 is 5.97 Å². The van der Waals surface area contributed by atoms with Gasteiger partial charge in [-0.05, 0) is 29.7 Å². The summed E-state index contributed by atoms with van der Waals surface area (Å²) in [6.07, 6.45) is 0.663. The van der Waals surface area contributed by atoms with Crippen LogP contribution in [-0.4, -0.2) is 25.3 Å².